The van der Waals surface area contributed by atoms with E-state index < -0.39 is 35.5 Å². The Hall–Kier alpha value is -3.39. The highest BCUT2D eigenvalue weighted by Crippen LogP contribution is 2.44. The van der Waals surface area contributed by atoms with E-state index in [1.807, 2.05) is 36.4 Å². The fourth-order valence-corrected chi connectivity index (χ4v) is 4.04. The average Bonchev–Trinajstić information content (AvgIpc) is 3.17. The van der Waals surface area contributed by atoms with Gasteiger partial charge in [-0.1, -0.05) is 55.5 Å². The van der Waals surface area contributed by atoms with Crippen molar-refractivity contribution in [3.63, 3.8) is 0 Å². The van der Waals surface area contributed by atoms with Gasteiger partial charge in [0.05, 0.1) is 11.5 Å². The van der Waals surface area contributed by atoms with E-state index in [4.69, 9.17) is 9.47 Å². The Balaban J connectivity index is 1.66. The van der Waals surface area contributed by atoms with Gasteiger partial charge in [0.15, 0.2) is 0 Å². The van der Waals surface area contributed by atoms with Crippen LogP contribution in [0.3, 0.4) is 0 Å². The summed E-state index contributed by atoms with van der Waals surface area (Å²) < 4.78 is 10.8. The van der Waals surface area contributed by atoms with E-state index in [0.29, 0.717) is 6.42 Å². The molecule has 0 bridgehead atoms. The van der Waals surface area contributed by atoms with Crippen LogP contribution in [0.1, 0.15) is 44.2 Å². The third-order valence-corrected chi connectivity index (χ3v) is 6.69. The number of ether oxygens (including phenoxy) is 2. The number of methoxy groups -OCH3 is 1. The number of aliphatic carboxylic acids is 1. The second-order valence-electron chi connectivity index (χ2n) is 8.83. The van der Waals surface area contributed by atoms with Crippen LogP contribution in [0.2, 0.25) is 0 Å². The van der Waals surface area contributed by atoms with Gasteiger partial charge in [-0.25, -0.2) is 4.79 Å². The summed E-state index contributed by atoms with van der Waals surface area (Å²) in [4.78, 5) is 37.0. The van der Waals surface area contributed by atoms with Crippen LogP contribution in [0.25, 0.3) is 11.1 Å². The van der Waals surface area contributed by atoms with Gasteiger partial charge in [-0.05, 0) is 42.5 Å². The summed E-state index contributed by atoms with van der Waals surface area (Å²) in [5, 5.41) is 14.6. The molecule has 0 heterocycles. The number of hydrogen-bond donors (Lipinski definition) is 3. The molecule has 3 N–H and O–H groups in total. The van der Waals surface area contributed by atoms with Crippen LogP contribution in [0, 0.1) is 5.41 Å². The van der Waals surface area contributed by atoms with Crippen molar-refractivity contribution in [2.75, 3.05) is 20.3 Å². The van der Waals surface area contributed by atoms with Crippen molar-refractivity contribution in [1.29, 1.82) is 0 Å². The SMILES string of the molecule is CCC(C)(CNC(=O)C(NC(=O)OCC1c2ccccc2-c2ccccc21)C(C)OC)C(=O)O. The van der Waals surface area contributed by atoms with Crippen LogP contribution in [-0.2, 0) is 19.1 Å². The number of alkyl carbamates (subject to hydrolysis) is 1. The minimum absolute atomic E-state index is 0.0724. The zero-order valence-electron chi connectivity index (χ0n) is 20.0. The fraction of sp³-hybridized carbons (Fsp3) is 0.423. The number of nitrogens with one attached hydrogen (secondary N) is 2. The molecule has 0 saturated heterocycles. The van der Waals surface area contributed by atoms with Gasteiger partial charge in [0.1, 0.15) is 12.6 Å². The molecule has 34 heavy (non-hydrogen) atoms. The quantitative estimate of drug-likeness (QED) is 0.491. The topological polar surface area (TPSA) is 114 Å². The molecule has 1 aliphatic rings. The first-order valence-electron chi connectivity index (χ1n) is 11.4. The lowest BCUT2D eigenvalue weighted by atomic mass is 9.87. The lowest BCUT2D eigenvalue weighted by molar-refractivity contribution is -0.148. The smallest absolute Gasteiger partial charge is 0.407 e. The molecule has 3 unspecified atom stereocenters. The van der Waals surface area contributed by atoms with Crippen LogP contribution in [0.4, 0.5) is 4.79 Å². The molecular weight excluding hydrogens is 436 g/mol. The Kier molecular flexibility index (Phi) is 7.94. The highest BCUT2D eigenvalue weighted by molar-refractivity contribution is 5.87. The summed E-state index contributed by atoms with van der Waals surface area (Å²) in [6.45, 7) is 4.98. The number of carbonyl (C=O) groups excluding carboxylic acids is 2. The third kappa shape index (κ3) is 5.22. The van der Waals surface area contributed by atoms with Gasteiger partial charge in [-0.15, -0.1) is 0 Å². The van der Waals surface area contributed by atoms with Crippen LogP contribution in [-0.4, -0.2) is 55.5 Å². The van der Waals surface area contributed by atoms with Gasteiger partial charge >= 0.3 is 12.1 Å². The minimum Gasteiger partial charge on any atom is -0.481 e. The van der Waals surface area contributed by atoms with Crippen LogP contribution >= 0.6 is 0 Å². The molecule has 0 aromatic heterocycles. The zero-order chi connectivity index (χ0) is 24.9. The monoisotopic (exact) mass is 468 g/mol. The maximum Gasteiger partial charge on any atom is 0.407 e. The molecular formula is C26H32N2O6. The van der Waals surface area contributed by atoms with Crippen molar-refractivity contribution in [2.24, 2.45) is 5.41 Å². The molecule has 0 radical (unpaired) electrons. The number of rotatable bonds is 10. The van der Waals surface area contributed by atoms with E-state index in [2.05, 4.69) is 22.8 Å². The number of benzene rings is 2. The first-order chi connectivity index (χ1) is 16.2. The minimum atomic E-state index is -1.11. The Labute approximate surface area is 199 Å². The number of carboxylic acids is 1. The first-order valence-corrected chi connectivity index (χ1v) is 11.4. The predicted molar refractivity (Wildman–Crippen MR) is 128 cm³/mol. The standard InChI is InChI=1S/C26H32N2O6/c1-5-26(3,24(30)31)15-27-23(29)22(16(2)33-4)28-25(32)34-14-21-19-12-8-6-10-17(19)18-11-7-9-13-20(18)21/h6-13,16,21-22H,5,14-15H2,1-4H3,(H,27,29)(H,28,32)(H,30,31). The van der Waals surface area contributed by atoms with E-state index in [-0.39, 0.29) is 19.1 Å². The third-order valence-electron chi connectivity index (χ3n) is 6.69. The molecule has 2 aromatic rings. The Morgan fingerprint density at radius 2 is 1.62 bits per heavy atom. The summed E-state index contributed by atoms with van der Waals surface area (Å²) in [5.41, 5.74) is 3.30. The summed E-state index contributed by atoms with van der Waals surface area (Å²) in [5.74, 6) is -1.65. The van der Waals surface area contributed by atoms with Gasteiger partial charge in [-0.3, -0.25) is 9.59 Å². The van der Waals surface area contributed by atoms with Crippen molar-refractivity contribution in [3.8, 4) is 11.1 Å². The van der Waals surface area contributed by atoms with Gasteiger partial charge < -0.3 is 25.2 Å². The van der Waals surface area contributed by atoms with Crippen LogP contribution < -0.4 is 10.6 Å². The summed E-state index contributed by atoms with van der Waals surface area (Å²) in [7, 11) is 1.43. The van der Waals surface area contributed by atoms with Crippen molar-refractivity contribution < 1.29 is 29.0 Å². The second kappa shape index (κ2) is 10.7. The van der Waals surface area contributed by atoms with E-state index in [1.54, 1.807) is 20.8 Å². The number of carboxylic acid groups (broad SMARTS) is 1. The zero-order valence-corrected chi connectivity index (χ0v) is 20.0. The second-order valence-corrected chi connectivity index (χ2v) is 8.83. The van der Waals surface area contributed by atoms with Crippen molar-refractivity contribution in [2.45, 2.75) is 45.3 Å². The van der Waals surface area contributed by atoms with E-state index >= 15 is 0 Å². The molecule has 3 rings (SSSR count). The number of carbonyl (C=O) groups is 3. The normalized spacial score (nSPS) is 15.9. The Morgan fingerprint density at radius 1 is 1.06 bits per heavy atom. The molecule has 2 aromatic carbocycles. The van der Waals surface area contributed by atoms with Crippen LogP contribution in [0.5, 0.6) is 0 Å². The molecule has 0 aliphatic heterocycles. The van der Waals surface area contributed by atoms with Crippen molar-refractivity contribution >= 4 is 18.0 Å². The lowest BCUT2D eigenvalue weighted by Crippen LogP contribution is -2.55. The first kappa shape index (κ1) is 25.2. The highest BCUT2D eigenvalue weighted by Gasteiger charge is 2.35. The van der Waals surface area contributed by atoms with Gasteiger partial charge in [0, 0.05) is 19.6 Å². The number of amides is 2. The summed E-state index contributed by atoms with van der Waals surface area (Å²) in [6, 6.07) is 15.0. The van der Waals surface area contributed by atoms with E-state index in [0.717, 1.165) is 22.3 Å². The van der Waals surface area contributed by atoms with Gasteiger partial charge in [0.2, 0.25) is 5.91 Å². The largest absolute Gasteiger partial charge is 0.481 e. The summed E-state index contributed by atoms with van der Waals surface area (Å²) >= 11 is 0. The van der Waals surface area contributed by atoms with Crippen molar-refractivity contribution in [3.05, 3.63) is 59.7 Å². The number of fused-ring (bicyclic) bond motifs is 3. The molecule has 8 heteroatoms. The molecule has 182 valence electrons. The molecule has 8 nitrogen and oxygen atoms in total. The van der Waals surface area contributed by atoms with E-state index in [9.17, 15) is 19.5 Å². The highest BCUT2D eigenvalue weighted by atomic mass is 16.5. The van der Waals surface area contributed by atoms with Crippen molar-refractivity contribution in [1.82, 2.24) is 10.6 Å². The molecule has 0 spiro atoms. The average molecular weight is 469 g/mol. The van der Waals surface area contributed by atoms with Gasteiger partial charge in [0.25, 0.3) is 0 Å². The number of hydrogen-bond acceptors (Lipinski definition) is 5. The van der Waals surface area contributed by atoms with Gasteiger partial charge in [-0.2, -0.15) is 0 Å². The summed E-state index contributed by atoms with van der Waals surface area (Å²) in [6.07, 6.45) is -1.06. The molecule has 2 amide bonds. The molecule has 1 aliphatic carbocycles. The molecule has 0 fully saturated rings. The Morgan fingerprint density at radius 3 is 2.12 bits per heavy atom. The molecule has 0 saturated carbocycles. The maximum absolute atomic E-state index is 12.8. The predicted octanol–water partition coefficient (Wildman–Crippen LogP) is 3.55. The Bertz CT molecular complexity index is 1010. The van der Waals surface area contributed by atoms with Crippen LogP contribution in [0.15, 0.2) is 48.5 Å². The molecule has 3 atom stereocenters. The van der Waals surface area contributed by atoms with E-state index in [1.165, 1.54) is 7.11 Å². The maximum atomic E-state index is 12.8. The lowest BCUT2D eigenvalue weighted by Gasteiger charge is -2.27. The fourth-order valence-electron chi connectivity index (χ4n) is 4.04.